The van der Waals surface area contributed by atoms with Crippen LogP contribution in [0, 0.1) is 5.41 Å². The van der Waals surface area contributed by atoms with Crippen molar-refractivity contribution in [1.82, 2.24) is 0 Å². The summed E-state index contributed by atoms with van der Waals surface area (Å²) in [5, 5.41) is 0. The lowest BCUT2D eigenvalue weighted by Gasteiger charge is -2.47. The molecule has 124 valence electrons. The molecule has 0 amide bonds. The molecule has 1 rings (SSSR count). The van der Waals surface area contributed by atoms with Gasteiger partial charge in [-0.05, 0) is 53.0 Å². The lowest BCUT2D eigenvalue weighted by Crippen LogP contribution is -2.65. The summed E-state index contributed by atoms with van der Waals surface area (Å²) in [5.41, 5.74) is -0.429. The molecule has 5 nitrogen and oxygen atoms in total. The van der Waals surface area contributed by atoms with E-state index < -0.39 is 31.1 Å². The maximum Gasteiger partial charge on any atom is 0.320 e. The molecule has 0 radical (unpaired) electrons. The van der Waals surface area contributed by atoms with E-state index in [0.29, 0.717) is 12.7 Å². The normalized spacial score (nSPS) is 23.6. The lowest BCUT2D eigenvalue weighted by atomic mass is 9.91. The summed E-state index contributed by atoms with van der Waals surface area (Å²) in [6.07, 6.45) is 0.765. The Kier molecular flexibility index (Phi) is 5.67. The molecular formula is C13H30O5Si3. The molecule has 1 aliphatic rings. The predicted molar refractivity (Wildman–Crippen MR) is 89.7 cm³/mol. The van der Waals surface area contributed by atoms with Gasteiger partial charge in [0.25, 0.3) is 0 Å². The Morgan fingerprint density at radius 2 is 1.48 bits per heavy atom. The van der Waals surface area contributed by atoms with Gasteiger partial charge in [-0.1, -0.05) is 6.92 Å². The van der Waals surface area contributed by atoms with Crippen LogP contribution in [0.15, 0.2) is 0 Å². The zero-order valence-corrected chi connectivity index (χ0v) is 17.7. The van der Waals surface area contributed by atoms with Crippen molar-refractivity contribution in [3.8, 4) is 0 Å². The molecule has 0 saturated carbocycles. The van der Waals surface area contributed by atoms with Crippen LogP contribution in [0.1, 0.15) is 27.2 Å². The standard InChI is InChI=1S/C13H30O5Si3/c1-9-13(2,3)12(14)15-10-11-21(8)17-19(4,5)16-20(6,7)18-21/h9-11H2,1-8H3. The van der Waals surface area contributed by atoms with Gasteiger partial charge in [-0.15, -0.1) is 0 Å². The van der Waals surface area contributed by atoms with E-state index in [-0.39, 0.29) is 5.97 Å². The molecule has 0 spiro atoms. The van der Waals surface area contributed by atoms with Crippen LogP contribution >= 0.6 is 0 Å². The minimum Gasteiger partial charge on any atom is -0.465 e. The Bertz CT molecular complexity index is 379. The van der Waals surface area contributed by atoms with Crippen LogP contribution < -0.4 is 0 Å². The van der Waals surface area contributed by atoms with Crippen LogP contribution in [0.3, 0.4) is 0 Å². The second-order valence-corrected chi connectivity index (χ2v) is 18.2. The van der Waals surface area contributed by atoms with Gasteiger partial charge >= 0.3 is 31.7 Å². The number of rotatable bonds is 5. The maximum absolute atomic E-state index is 12.0. The van der Waals surface area contributed by atoms with E-state index >= 15 is 0 Å². The van der Waals surface area contributed by atoms with Crippen LogP contribution in [0.2, 0.25) is 38.8 Å². The lowest BCUT2D eigenvalue weighted by molar-refractivity contribution is -0.153. The molecule has 0 aliphatic carbocycles. The van der Waals surface area contributed by atoms with Crippen molar-refractivity contribution < 1.29 is 21.9 Å². The Morgan fingerprint density at radius 1 is 1.00 bits per heavy atom. The summed E-state index contributed by atoms with van der Waals surface area (Å²) in [6, 6.07) is 0.661. The van der Waals surface area contributed by atoms with Gasteiger partial charge in [0, 0.05) is 6.04 Å². The van der Waals surface area contributed by atoms with E-state index in [0.717, 1.165) is 6.42 Å². The number of hydrogen-bond acceptors (Lipinski definition) is 5. The zero-order valence-electron chi connectivity index (χ0n) is 14.7. The molecule has 1 heterocycles. The third kappa shape index (κ3) is 5.61. The van der Waals surface area contributed by atoms with Gasteiger partial charge in [-0.3, -0.25) is 4.79 Å². The van der Waals surface area contributed by atoms with E-state index in [1.807, 2.05) is 20.8 Å². The second-order valence-electron chi connectivity index (χ2n) is 7.36. The number of carbonyl (C=O) groups excluding carboxylic acids is 1. The smallest absolute Gasteiger partial charge is 0.320 e. The fourth-order valence-corrected chi connectivity index (χ4v) is 18.4. The second kappa shape index (κ2) is 6.25. The highest BCUT2D eigenvalue weighted by Gasteiger charge is 2.52. The third-order valence-electron chi connectivity index (χ3n) is 3.64. The van der Waals surface area contributed by atoms with Gasteiger partial charge in [0.15, 0.2) is 0 Å². The van der Waals surface area contributed by atoms with Gasteiger partial charge in [-0.25, -0.2) is 0 Å². The molecule has 21 heavy (non-hydrogen) atoms. The Morgan fingerprint density at radius 3 is 1.90 bits per heavy atom. The van der Waals surface area contributed by atoms with Crippen molar-refractivity contribution in [1.29, 1.82) is 0 Å². The van der Waals surface area contributed by atoms with E-state index in [2.05, 4.69) is 32.7 Å². The van der Waals surface area contributed by atoms with Gasteiger partial charge in [-0.2, -0.15) is 0 Å². The highest BCUT2D eigenvalue weighted by molar-refractivity contribution is 6.92. The molecule has 0 N–H and O–H groups in total. The topological polar surface area (TPSA) is 54.0 Å². The van der Waals surface area contributed by atoms with Crippen molar-refractivity contribution in [3.63, 3.8) is 0 Å². The third-order valence-corrected chi connectivity index (χ3v) is 16.1. The summed E-state index contributed by atoms with van der Waals surface area (Å²) in [4.78, 5) is 12.0. The number of esters is 1. The number of ether oxygens (including phenoxy) is 1. The van der Waals surface area contributed by atoms with Crippen LogP contribution in [-0.2, 0) is 21.9 Å². The molecule has 0 bridgehead atoms. The van der Waals surface area contributed by atoms with E-state index in [9.17, 15) is 4.79 Å². The first-order valence-corrected chi connectivity index (χ1v) is 15.7. The summed E-state index contributed by atoms with van der Waals surface area (Å²) >= 11 is 0. The minimum atomic E-state index is -2.32. The predicted octanol–water partition coefficient (Wildman–Crippen LogP) is 3.50. The van der Waals surface area contributed by atoms with Crippen molar-refractivity contribution >= 4 is 31.7 Å². The maximum atomic E-state index is 12.0. The molecular weight excluding hydrogens is 320 g/mol. The van der Waals surface area contributed by atoms with Gasteiger partial charge in [0.2, 0.25) is 0 Å². The minimum absolute atomic E-state index is 0.150. The molecule has 1 saturated heterocycles. The first-order valence-electron chi connectivity index (χ1n) is 7.59. The van der Waals surface area contributed by atoms with Gasteiger partial charge in [0.05, 0.1) is 12.0 Å². The van der Waals surface area contributed by atoms with Crippen molar-refractivity contribution in [2.45, 2.75) is 66.0 Å². The SMILES string of the molecule is CCC(C)(C)C(=O)OCC[Si]1(C)O[Si](C)(C)O[Si](C)(C)O1. The fourth-order valence-electron chi connectivity index (χ4n) is 2.47. The summed E-state index contributed by atoms with van der Waals surface area (Å²) in [6.45, 7) is 16.4. The number of carbonyl (C=O) groups is 1. The molecule has 0 aromatic heterocycles. The Balaban J connectivity index is 2.60. The van der Waals surface area contributed by atoms with E-state index in [1.54, 1.807) is 0 Å². The molecule has 1 fully saturated rings. The quantitative estimate of drug-likeness (QED) is 0.561. The summed E-state index contributed by atoms with van der Waals surface area (Å²) in [5.74, 6) is -0.150. The molecule has 0 aromatic carbocycles. The molecule has 0 unspecified atom stereocenters. The molecule has 0 atom stereocenters. The molecule has 8 heteroatoms. The average molecular weight is 351 g/mol. The van der Waals surface area contributed by atoms with Crippen molar-refractivity contribution in [3.05, 3.63) is 0 Å². The van der Waals surface area contributed by atoms with Gasteiger partial charge < -0.3 is 17.1 Å². The highest BCUT2D eigenvalue weighted by Crippen LogP contribution is 2.32. The Hall–Kier alpha value is 0.000649. The van der Waals surface area contributed by atoms with Crippen LogP contribution in [0.5, 0.6) is 0 Å². The largest absolute Gasteiger partial charge is 0.465 e. The monoisotopic (exact) mass is 350 g/mol. The van der Waals surface area contributed by atoms with Crippen LogP contribution in [0.25, 0.3) is 0 Å². The van der Waals surface area contributed by atoms with Crippen LogP contribution in [0.4, 0.5) is 0 Å². The Labute approximate surface area is 132 Å². The highest BCUT2D eigenvalue weighted by atomic mass is 28.5. The summed E-state index contributed by atoms with van der Waals surface area (Å²) in [7, 11) is -6.57. The average Bonchev–Trinajstić information content (AvgIpc) is 2.23. The molecule has 0 aromatic rings. The van der Waals surface area contributed by atoms with Crippen molar-refractivity contribution in [2.75, 3.05) is 6.61 Å². The first kappa shape index (κ1) is 19.0. The number of hydrogen-bond donors (Lipinski definition) is 0. The zero-order chi connectivity index (χ0) is 16.5. The summed E-state index contributed by atoms with van der Waals surface area (Å²) < 4.78 is 23.8. The van der Waals surface area contributed by atoms with E-state index in [4.69, 9.17) is 17.1 Å². The van der Waals surface area contributed by atoms with Crippen LogP contribution in [-0.4, -0.2) is 38.3 Å². The van der Waals surface area contributed by atoms with Crippen molar-refractivity contribution in [2.24, 2.45) is 5.41 Å². The van der Waals surface area contributed by atoms with E-state index in [1.165, 1.54) is 0 Å². The molecule has 1 aliphatic heterocycles. The first-order chi connectivity index (χ1) is 9.31. The van der Waals surface area contributed by atoms with Gasteiger partial charge in [0.1, 0.15) is 0 Å². The fraction of sp³-hybridized carbons (Fsp3) is 0.923.